The quantitative estimate of drug-likeness (QED) is 0.914. The fourth-order valence-corrected chi connectivity index (χ4v) is 3.59. The third-order valence-corrected chi connectivity index (χ3v) is 5.22. The summed E-state index contributed by atoms with van der Waals surface area (Å²) in [6.45, 7) is 2.04. The average molecular weight is 349 g/mol. The van der Waals surface area contributed by atoms with E-state index < -0.39 is 0 Å². The van der Waals surface area contributed by atoms with Crippen LogP contribution in [0.4, 0.5) is 11.5 Å². The van der Waals surface area contributed by atoms with Crippen molar-refractivity contribution in [2.75, 3.05) is 23.3 Å². The van der Waals surface area contributed by atoms with E-state index in [4.69, 9.17) is 0 Å². The number of carbonyl (C=O) groups excluding carboxylic acids is 2. The molecule has 5 rings (SSSR count). The van der Waals surface area contributed by atoms with E-state index in [2.05, 4.69) is 15.3 Å². The highest BCUT2D eigenvalue weighted by atomic mass is 16.2. The van der Waals surface area contributed by atoms with Gasteiger partial charge in [0.15, 0.2) is 0 Å². The van der Waals surface area contributed by atoms with Crippen molar-refractivity contribution >= 4 is 23.3 Å². The summed E-state index contributed by atoms with van der Waals surface area (Å²) in [7, 11) is 0. The highest BCUT2D eigenvalue weighted by molar-refractivity contribution is 6.04. The molecule has 1 aliphatic carbocycles. The summed E-state index contributed by atoms with van der Waals surface area (Å²) in [5.41, 5.74) is 3.25. The molecule has 0 bridgehead atoms. The first-order valence-electron chi connectivity index (χ1n) is 8.95. The van der Waals surface area contributed by atoms with Gasteiger partial charge in [-0.1, -0.05) is 6.07 Å². The van der Waals surface area contributed by atoms with Gasteiger partial charge in [0.25, 0.3) is 5.91 Å². The third kappa shape index (κ3) is 2.60. The maximum absolute atomic E-state index is 13.0. The first-order valence-corrected chi connectivity index (χ1v) is 8.95. The van der Waals surface area contributed by atoms with Gasteiger partial charge >= 0.3 is 0 Å². The molecule has 1 N–H and O–H groups in total. The zero-order valence-corrected chi connectivity index (χ0v) is 14.3. The first-order chi connectivity index (χ1) is 12.7. The predicted octanol–water partition coefficient (Wildman–Crippen LogP) is 1.80. The van der Waals surface area contributed by atoms with Crippen molar-refractivity contribution in [3.63, 3.8) is 0 Å². The molecule has 132 valence electrons. The Balaban J connectivity index is 1.43. The van der Waals surface area contributed by atoms with Crippen LogP contribution in [0.25, 0.3) is 0 Å². The van der Waals surface area contributed by atoms with Crippen LogP contribution in [0.2, 0.25) is 0 Å². The molecule has 0 aromatic carbocycles. The van der Waals surface area contributed by atoms with Gasteiger partial charge in [0, 0.05) is 25.5 Å². The Hall–Kier alpha value is -2.96. The molecule has 2 aromatic heterocycles. The standard InChI is InChI=1S/C19H19N5O2/c25-17-8-22-18-16(24(17)9-12-3-4-12)6-14(7-21-18)19(26)23-10-13-2-1-5-20-15(13)11-23/h1-2,5-7,12H,3-4,8-11H2,(H,21,22). The Labute approximate surface area is 151 Å². The minimum Gasteiger partial charge on any atom is -0.359 e. The van der Waals surface area contributed by atoms with E-state index in [0.717, 1.165) is 24.1 Å². The predicted molar refractivity (Wildman–Crippen MR) is 95.6 cm³/mol. The largest absolute Gasteiger partial charge is 0.359 e. The van der Waals surface area contributed by atoms with Gasteiger partial charge in [-0.3, -0.25) is 14.6 Å². The SMILES string of the molecule is O=C(c1cnc2c(c1)N(CC1CC1)C(=O)CN2)N1Cc2cccnc2C1. The van der Waals surface area contributed by atoms with E-state index in [1.165, 1.54) is 0 Å². The monoisotopic (exact) mass is 349 g/mol. The van der Waals surface area contributed by atoms with Crippen LogP contribution in [0, 0.1) is 5.92 Å². The van der Waals surface area contributed by atoms with Crippen molar-refractivity contribution in [3.05, 3.63) is 47.4 Å². The molecule has 26 heavy (non-hydrogen) atoms. The molecule has 3 aliphatic rings. The molecule has 0 radical (unpaired) electrons. The first kappa shape index (κ1) is 15.3. The molecule has 7 heteroatoms. The second-order valence-corrected chi connectivity index (χ2v) is 7.16. The van der Waals surface area contributed by atoms with Crippen LogP contribution in [-0.4, -0.2) is 39.8 Å². The average Bonchev–Trinajstić information content (AvgIpc) is 3.38. The molecule has 7 nitrogen and oxygen atoms in total. The third-order valence-electron chi connectivity index (χ3n) is 5.22. The zero-order valence-electron chi connectivity index (χ0n) is 14.3. The minimum atomic E-state index is -0.0808. The van der Waals surface area contributed by atoms with Crippen molar-refractivity contribution in [2.45, 2.75) is 25.9 Å². The van der Waals surface area contributed by atoms with Crippen LogP contribution in [0.3, 0.4) is 0 Å². The van der Waals surface area contributed by atoms with Gasteiger partial charge in [0.2, 0.25) is 5.91 Å². The van der Waals surface area contributed by atoms with E-state index in [9.17, 15) is 9.59 Å². The Morgan fingerprint density at radius 3 is 2.96 bits per heavy atom. The lowest BCUT2D eigenvalue weighted by molar-refractivity contribution is -0.117. The lowest BCUT2D eigenvalue weighted by atomic mass is 10.1. The van der Waals surface area contributed by atoms with E-state index in [1.807, 2.05) is 12.1 Å². The Morgan fingerprint density at radius 1 is 1.27 bits per heavy atom. The summed E-state index contributed by atoms with van der Waals surface area (Å²) in [5.74, 6) is 1.20. The number of nitrogens with one attached hydrogen (secondary N) is 1. The topological polar surface area (TPSA) is 78.4 Å². The number of hydrogen-bond acceptors (Lipinski definition) is 5. The van der Waals surface area contributed by atoms with E-state index in [-0.39, 0.29) is 18.4 Å². The summed E-state index contributed by atoms with van der Waals surface area (Å²) in [6, 6.07) is 5.69. The van der Waals surface area contributed by atoms with E-state index >= 15 is 0 Å². The number of anilines is 2. The molecule has 2 aliphatic heterocycles. The van der Waals surface area contributed by atoms with Crippen molar-refractivity contribution in [1.29, 1.82) is 0 Å². The number of pyridine rings is 2. The number of nitrogens with zero attached hydrogens (tertiary/aromatic N) is 4. The van der Waals surface area contributed by atoms with Crippen molar-refractivity contribution < 1.29 is 9.59 Å². The van der Waals surface area contributed by atoms with Crippen LogP contribution in [0.5, 0.6) is 0 Å². The molecule has 2 aromatic rings. The van der Waals surface area contributed by atoms with Gasteiger partial charge in [-0.25, -0.2) is 4.98 Å². The molecule has 4 heterocycles. The minimum absolute atomic E-state index is 0.0357. The van der Waals surface area contributed by atoms with Gasteiger partial charge in [-0.15, -0.1) is 0 Å². The number of aromatic nitrogens is 2. The fourth-order valence-electron chi connectivity index (χ4n) is 3.59. The molecule has 0 spiro atoms. The molecule has 0 atom stereocenters. The second-order valence-electron chi connectivity index (χ2n) is 7.16. The van der Waals surface area contributed by atoms with Crippen LogP contribution >= 0.6 is 0 Å². The normalized spacial score (nSPS) is 18.4. The van der Waals surface area contributed by atoms with Gasteiger partial charge in [-0.05, 0) is 36.5 Å². The zero-order chi connectivity index (χ0) is 17.7. The van der Waals surface area contributed by atoms with Gasteiger partial charge in [-0.2, -0.15) is 0 Å². The Kier molecular flexibility index (Phi) is 3.41. The molecule has 0 saturated heterocycles. The van der Waals surface area contributed by atoms with Crippen LogP contribution in [0.15, 0.2) is 30.6 Å². The second kappa shape index (κ2) is 5.79. The van der Waals surface area contributed by atoms with Crippen molar-refractivity contribution in [1.82, 2.24) is 14.9 Å². The highest BCUT2D eigenvalue weighted by Gasteiger charge is 2.33. The number of fused-ring (bicyclic) bond motifs is 2. The maximum atomic E-state index is 13.0. The number of carbonyl (C=O) groups is 2. The maximum Gasteiger partial charge on any atom is 0.256 e. The number of hydrogen-bond donors (Lipinski definition) is 1. The van der Waals surface area contributed by atoms with Crippen LogP contribution in [-0.2, 0) is 17.9 Å². The van der Waals surface area contributed by atoms with Crippen molar-refractivity contribution in [3.8, 4) is 0 Å². The number of rotatable bonds is 3. The summed E-state index contributed by atoms with van der Waals surface area (Å²) in [6.07, 6.45) is 5.67. The fraction of sp³-hybridized carbons (Fsp3) is 0.368. The van der Waals surface area contributed by atoms with Crippen molar-refractivity contribution in [2.24, 2.45) is 5.92 Å². The van der Waals surface area contributed by atoms with E-state index in [1.54, 1.807) is 28.3 Å². The van der Waals surface area contributed by atoms with Gasteiger partial charge in [0.1, 0.15) is 5.82 Å². The Morgan fingerprint density at radius 2 is 2.15 bits per heavy atom. The van der Waals surface area contributed by atoms with Crippen LogP contribution < -0.4 is 10.2 Å². The molecule has 1 saturated carbocycles. The molecule has 1 fully saturated rings. The Bertz CT molecular complexity index is 884. The van der Waals surface area contributed by atoms with Crippen LogP contribution in [0.1, 0.15) is 34.5 Å². The lowest BCUT2D eigenvalue weighted by Crippen LogP contribution is -2.41. The summed E-state index contributed by atoms with van der Waals surface area (Å²) in [5, 5.41) is 3.05. The van der Waals surface area contributed by atoms with Gasteiger partial charge in [0.05, 0.1) is 30.0 Å². The smallest absolute Gasteiger partial charge is 0.256 e. The molecular weight excluding hydrogens is 330 g/mol. The summed E-state index contributed by atoms with van der Waals surface area (Å²) in [4.78, 5) is 37.6. The summed E-state index contributed by atoms with van der Waals surface area (Å²) < 4.78 is 0. The molecule has 2 amide bonds. The molecular formula is C19H19N5O2. The van der Waals surface area contributed by atoms with E-state index in [0.29, 0.717) is 42.6 Å². The highest BCUT2D eigenvalue weighted by Crippen LogP contribution is 2.35. The number of amides is 2. The van der Waals surface area contributed by atoms with Gasteiger partial charge < -0.3 is 15.1 Å². The molecule has 0 unspecified atom stereocenters. The summed E-state index contributed by atoms with van der Waals surface area (Å²) >= 11 is 0. The lowest BCUT2D eigenvalue weighted by Gasteiger charge is -2.30.